The molecular formula is C13H19FN2O2. The molecule has 1 fully saturated rings. The van der Waals surface area contributed by atoms with E-state index in [4.69, 9.17) is 10.5 Å². The number of rotatable bonds is 3. The quantitative estimate of drug-likeness (QED) is 0.840. The minimum Gasteiger partial charge on any atom is -0.394 e. The first kappa shape index (κ1) is 13.3. The van der Waals surface area contributed by atoms with Gasteiger partial charge in [-0.15, -0.1) is 0 Å². The van der Waals surface area contributed by atoms with Gasteiger partial charge in [-0.2, -0.15) is 0 Å². The number of hydrogen-bond donors (Lipinski definition) is 2. The first-order valence-corrected chi connectivity index (χ1v) is 6.13. The Morgan fingerprint density at radius 1 is 1.50 bits per heavy atom. The van der Waals surface area contributed by atoms with E-state index in [0.29, 0.717) is 13.1 Å². The average molecular weight is 254 g/mol. The zero-order valence-corrected chi connectivity index (χ0v) is 10.5. The minimum atomic E-state index is -0.279. The van der Waals surface area contributed by atoms with E-state index in [1.165, 1.54) is 12.1 Å². The summed E-state index contributed by atoms with van der Waals surface area (Å²) in [5, 5.41) is 9.21. The summed E-state index contributed by atoms with van der Waals surface area (Å²) < 4.78 is 18.8. The standard InChI is InChI=1S/C13H19FN2O2/c1-9-6-16(7-12(8-17)18-9)13-3-2-11(14)4-10(13)5-15/h2-4,9,12,17H,5-8,15H2,1H3. The van der Waals surface area contributed by atoms with Gasteiger partial charge in [0.25, 0.3) is 0 Å². The summed E-state index contributed by atoms with van der Waals surface area (Å²) in [5.41, 5.74) is 7.36. The Morgan fingerprint density at radius 3 is 2.94 bits per heavy atom. The van der Waals surface area contributed by atoms with Crippen LogP contribution in [0.15, 0.2) is 18.2 Å². The van der Waals surface area contributed by atoms with Crippen LogP contribution in [0.25, 0.3) is 0 Å². The van der Waals surface area contributed by atoms with Crippen molar-refractivity contribution in [3.8, 4) is 0 Å². The molecule has 2 atom stereocenters. The molecular weight excluding hydrogens is 235 g/mol. The molecule has 0 spiro atoms. The Hall–Kier alpha value is -1.17. The van der Waals surface area contributed by atoms with Crippen molar-refractivity contribution in [3.05, 3.63) is 29.6 Å². The number of benzene rings is 1. The van der Waals surface area contributed by atoms with E-state index in [9.17, 15) is 9.50 Å². The van der Waals surface area contributed by atoms with Crippen molar-refractivity contribution in [2.24, 2.45) is 5.73 Å². The molecule has 1 aliphatic rings. The van der Waals surface area contributed by atoms with Crippen molar-refractivity contribution in [1.82, 2.24) is 0 Å². The van der Waals surface area contributed by atoms with Crippen LogP contribution in [0, 0.1) is 5.82 Å². The molecule has 0 aliphatic carbocycles. The molecule has 3 N–H and O–H groups in total. The van der Waals surface area contributed by atoms with Gasteiger partial charge in [-0.1, -0.05) is 0 Å². The summed E-state index contributed by atoms with van der Waals surface area (Å²) in [4.78, 5) is 2.09. The summed E-state index contributed by atoms with van der Waals surface area (Å²) in [5.74, 6) is -0.279. The SMILES string of the molecule is CC1CN(c2ccc(F)cc2CN)CC(CO)O1. The topological polar surface area (TPSA) is 58.7 Å². The maximum atomic E-state index is 13.2. The van der Waals surface area contributed by atoms with E-state index >= 15 is 0 Å². The van der Waals surface area contributed by atoms with Crippen LogP contribution < -0.4 is 10.6 Å². The summed E-state index contributed by atoms with van der Waals surface area (Å²) in [7, 11) is 0. The number of halogens is 1. The molecule has 0 bridgehead atoms. The monoisotopic (exact) mass is 254 g/mol. The summed E-state index contributed by atoms with van der Waals surface area (Å²) in [6, 6.07) is 4.63. The summed E-state index contributed by atoms with van der Waals surface area (Å²) in [6.07, 6.45) is -0.170. The van der Waals surface area contributed by atoms with Crippen LogP contribution in [-0.4, -0.2) is 37.0 Å². The Balaban J connectivity index is 2.24. The van der Waals surface area contributed by atoms with Gasteiger partial charge in [0.2, 0.25) is 0 Å². The predicted molar refractivity (Wildman–Crippen MR) is 67.9 cm³/mol. The van der Waals surface area contributed by atoms with Crippen LogP contribution in [-0.2, 0) is 11.3 Å². The second-order valence-corrected chi connectivity index (χ2v) is 4.63. The van der Waals surface area contributed by atoms with Gasteiger partial charge in [-0.25, -0.2) is 4.39 Å². The fourth-order valence-corrected chi connectivity index (χ4v) is 2.37. The van der Waals surface area contributed by atoms with Gasteiger partial charge in [0.1, 0.15) is 5.82 Å². The number of aliphatic hydroxyl groups is 1. The fourth-order valence-electron chi connectivity index (χ4n) is 2.37. The summed E-state index contributed by atoms with van der Waals surface area (Å²) in [6.45, 7) is 3.55. The highest BCUT2D eigenvalue weighted by Gasteiger charge is 2.26. The molecule has 1 aromatic carbocycles. The number of ether oxygens (including phenoxy) is 1. The molecule has 0 amide bonds. The predicted octanol–water partition coefficient (Wildman–Crippen LogP) is 0.870. The Kier molecular flexibility index (Phi) is 4.16. The van der Waals surface area contributed by atoms with Gasteiger partial charge in [0.05, 0.1) is 18.8 Å². The molecule has 1 saturated heterocycles. The zero-order chi connectivity index (χ0) is 13.1. The first-order chi connectivity index (χ1) is 8.63. The maximum absolute atomic E-state index is 13.2. The molecule has 2 unspecified atom stereocenters. The van der Waals surface area contributed by atoms with E-state index in [0.717, 1.165) is 17.8 Å². The van der Waals surface area contributed by atoms with Crippen LogP contribution in [0.5, 0.6) is 0 Å². The van der Waals surface area contributed by atoms with E-state index in [-0.39, 0.29) is 24.6 Å². The number of anilines is 1. The molecule has 1 heterocycles. The highest BCUT2D eigenvalue weighted by Crippen LogP contribution is 2.25. The molecule has 100 valence electrons. The lowest BCUT2D eigenvalue weighted by Crippen LogP contribution is -2.48. The van der Waals surface area contributed by atoms with Crippen LogP contribution >= 0.6 is 0 Å². The van der Waals surface area contributed by atoms with Crippen molar-refractivity contribution in [2.75, 3.05) is 24.6 Å². The van der Waals surface area contributed by atoms with Gasteiger partial charge in [-0.05, 0) is 30.7 Å². The maximum Gasteiger partial charge on any atom is 0.123 e. The molecule has 4 nitrogen and oxygen atoms in total. The van der Waals surface area contributed by atoms with Crippen LogP contribution in [0.4, 0.5) is 10.1 Å². The Bertz CT molecular complexity index is 414. The second kappa shape index (κ2) is 5.65. The normalized spacial score (nSPS) is 24.3. The van der Waals surface area contributed by atoms with Crippen molar-refractivity contribution in [1.29, 1.82) is 0 Å². The third kappa shape index (κ3) is 2.80. The third-order valence-electron chi connectivity index (χ3n) is 3.13. The number of nitrogens with zero attached hydrogens (tertiary/aromatic N) is 1. The lowest BCUT2D eigenvalue weighted by atomic mass is 10.1. The smallest absolute Gasteiger partial charge is 0.123 e. The number of nitrogens with two attached hydrogens (primary N) is 1. The highest BCUT2D eigenvalue weighted by molar-refractivity contribution is 5.54. The second-order valence-electron chi connectivity index (χ2n) is 4.63. The Labute approximate surface area is 106 Å². The zero-order valence-electron chi connectivity index (χ0n) is 10.5. The van der Waals surface area contributed by atoms with Crippen molar-refractivity contribution >= 4 is 5.69 Å². The molecule has 0 aromatic heterocycles. The van der Waals surface area contributed by atoms with E-state index in [1.54, 1.807) is 6.07 Å². The van der Waals surface area contributed by atoms with Crippen LogP contribution in [0.3, 0.4) is 0 Å². The lowest BCUT2D eigenvalue weighted by molar-refractivity contribution is -0.0421. The molecule has 1 aromatic rings. The molecule has 2 rings (SSSR count). The van der Waals surface area contributed by atoms with Gasteiger partial charge >= 0.3 is 0 Å². The van der Waals surface area contributed by atoms with Crippen molar-refractivity contribution in [3.63, 3.8) is 0 Å². The third-order valence-corrected chi connectivity index (χ3v) is 3.13. The average Bonchev–Trinajstić information content (AvgIpc) is 2.37. The van der Waals surface area contributed by atoms with Crippen molar-refractivity contribution < 1.29 is 14.2 Å². The molecule has 0 saturated carbocycles. The van der Waals surface area contributed by atoms with Crippen LogP contribution in [0.2, 0.25) is 0 Å². The van der Waals surface area contributed by atoms with Gasteiger partial charge in [0, 0.05) is 25.3 Å². The first-order valence-electron chi connectivity index (χ1n) is 6.13. The largest absolute Gasteiger partial charge is 0.394 e. The number of morpholine rings is 1. The van der Waals surface area contributed by atoms with E-state index in [1.807, 2.05) is 6.92 Å². The van der Waals surface area contributed by atoms with Gasteiger partial charge in [0.15, 0.2) is 0 Å². The van der Waals surface area contributed by atoms with E-state index < -0.39 is 0 Å². The number of hydrogen-bond acceptors (Lipinski definition) is 4. The minimum absolute atomic E-state index is 0.0139. The van der Waals surface area contributed by atoms with Crippen molar-refractivity contribution in [2.45, 2.75) is 25.7 Å². The van der Waals surface area contributed by atoms with E-state index in [2.05, 4.69) is 4.90 Å². The summed E-state index contributed by atoms with van der Waals surface area (Å²) >= 11 is 0. The highest BCUT2D eigenvalue weighted by atomic mass is 19.1. The van der Waals surface area contributed by atoms with Crippen LogP contribution in [0.1, 0.15) is 12.5 Å². The van der Waals surface area contributed by atoms with Gasteiger partial charge in [-0.3, -0.25) is 0 Å². The molecule has 0 radical (unpaired) electrons. The fraction of sp³-hybridized carbons (Fsp3) is 0.538. The molecule has 18 heavy (non-hydrogen) atoms. The lowest BCUT2D eigenvalue weighted by Gasteiger charge is -2.38. The van der Waals surface area contributed by atoms with Gasteiger partial charge < -0.3 is 20.5 Å². The molecule has 1 aliphatic heterocycles. The number of aliphatic hydroxyl groups excluding tert-OH is 1. The molecule has 5 heteroatoms. The Morgan fingerprint density at radius 2 is 2.28 bits per heavy atom.